The van der Waals surface area contributed by atoms with Crippen LogP contribution in [-0.4, -0.2) is 25.5 Å². The Balaban J connectivity index is 1.77. The van der Waals surface area contributed by atoms with E-state index < -0.39 is 17.6 Å². The van der Waals surface area contributed by atoms with Crippen molar-refractivity contribution in [1.29, 1.82) is 0 Å². The van der Waals surface area contributed by atoms with Crippen LogP contribution in [0, 0.1) is 13.8 Å². The normalized spacial score (nSPS) is 11.6. The van der Waals surface area contributed by atoms with Crippen molar-refractivity contribution in [3.05, 3.63) is 63.6 Å². The molecule has 0 saturated heterocycles. The van der Waals surface area contributed by atoms with Crippen LogP contribution in [0.2, 0.25) is 0 Å². The molecular formula is C17H15BrF3N5O. The van der Waals surface area contributed by atoms with E-state index in [4.69, 9.17) is 0 Å². The second-order valence-electron chi connectivity index (χ2n) is 5.86. The first-order valence-electron chi connectivity index (χ1n) is 7.87. The van der Waals surface area contributed by atoms with Gasteiger partial charge in [-0.3, -0.25) is 9.48 Å². The van der Waals surface area contributed by atoms with Crippen molar-refractivity contribution in [2.24, 2.45) is 0 Å². The quantitative estimate of drug-likeness (QED) is 0.658. The summed E-state index contributed by atoms with van der Waals surface area (Å²) in [5.74, 6) is -0.722. The van der Waals surface area contributed by atoms with E-state index in [0.29, 0.717) is 0 Å². The monoisotopic (exact) mass is 441 g/mol. The molecule has 1 N–H and O–H groups in total. The predicted octanol–water partition coefficient (Wildman–Crippen LogP) is 4.24. The van der Waals surface area contributed by atoms with Gasteiger partial charge in [-0.05, 0) is 48.0 Å². The Morgan fingerprint density at radius 2 is 1.89 bits per heavy atom. The van der Waals surface area contributed by atoms with Gasteiger partial charge >= 0.3 is 6.18 Å². The van der Waals surface area contributed by atoms with Gasteiger partial charge in [0.25, 0.3) is 5.91 Å². The minimum atomic E-state index is -4.56. The molecule has 3 rings (SSSR count). The zero-order valence-electron chi connectivity index (χ0n) is 14.4. The Kier molecular flexibility index (Phi) is 5.09. The fourth-order valence-corrected chi connectivity index (χ4v) is 2.82. The van der Waals surface area contributed by atoms with E-state index in [1.54, 1.807) is 10.9 Å². The second-order valence-corrected chi connectivity index (χ2v) is 6.66. The highest BCUT2D eigenvalue weighted by molar-refractivity contribution is 9.10. The third kappa shape index (κ3) is 4.05. The minimum Gasteiger partial charge on any atom is -0.320 e. The number of benzene rings is 1. The lowest BCUT2D eigenvalue weighted by molar-refractivity contribution is -0.136. The number of rotatable bonds is 4. The molecule has 0 spiro atoms. The molecule has 0 unspecified atom stereocenters. The number of halogens is 4. The molecule has 0 aliphatic heterocycles. The topological polar surface area (TPSA) is 64.7 Å². The maximum absolute atomic E-state index is 13.0. The third-order valence-electron chi connectivity index (χ3n) is 3.93. The summed E-state index contributed by atoms with van der Waals surface area (Å²) in [5, 5.41) is 10.7. The Morgan fingerprint density at radius 3 is 2.52 bits per heavy atom. The van der Waals surface area contributed by atoms with E-state index in [0.717, 1.165) is 21.9 Å². The number of anilines is 1. The van der Waals surface area contributed by atoms with Gasteiger partial charge in [-0.15, -0.1) is 0 Å². The number of carbonyl (C=O) groups is 1. The first-order valence-corrected chi connectivity index (χ1v) is 8.66. The summed E-state index contributed by atoms with van der Waals surface area (Å²) in [6.07, 6.45) is -3.00. The SMILES string of the molecule is Cc1nn(Cn2ccc(C(=O)Nc3ccccc3C(F)(F)F)n2)c(C)c1Br. The van der Waals surface area contributed by atoms with Crippen LogP contribution in [0.3, 0.4) is 0 Å². The Labute approximate surface area is 161 Å². The van der Waals surface area contributed by atoms with Crippen LogP contribution >= 0.6 is 15.9 Å². The number of para-hydroxylation sites is 1. The van der Waals surface area contributed by atoms with Gasteiger partial charge in [0.1, 0.15) is 6.67 Å². The zero-order chi connectivity index (χ0) is 19.8. The van der Waals surface area contributed by atoms with Crippen LogP contribution in [0.25, 0.3) is 0 Å². The number of aryl methyl sites for hydroxylation is 1. The average Bonchev–Trinajstić information content (AvgIpc) is 3.16. The van der Waals surface area contributed by atoms with Gasteiger partial charge in [0, 0.05) is 6.20 Å². The van der Waals surface area contributed by atoms with Crippen molar-refractivity contribution >= 4 is 27.5 Å². The largest absolute Gasteiger partial charge is 0.418 e. The third-order valence-corrected chi connectivity index (χ3v) is 5.07. The van der Waals surface area contributed by atoms with Crippen LogP contribution in [0.5, 0.6) is 0 Å². The van der Waals surface area contributed by atoms with Crippen molar-refractivity contribution in [2.45, 2.75) is 26.7 Å². The maximum atomic E-state index is 13.0. The molecule has 0 radical (unpaired) electrons. The number of nitrogens with one attached hydrogen (secondary N) is 1. The lowest BCUT2D eigenvalue weighted by Crippen LogP contribution is -2.18. The lowest BCUT2D eigenvalue weighted by atomic mass is 10.1. The van der Waals surface area contributed by atoms with Crippen molar-refractivity contribution in [2.75, 3.05) is 5.32 Å². The highest BCUT2D eigenvalue weighted by Crippen LogP contribution is 2.34. The van der Waals surface area contributed by atoms with Gasteiger partial charge in [0.2, 0.25) is 0 Å². The fraction of sp³-hybridized carbons (Fsp3) is 0.235. The van der Waals surface area contributed by atoms with Crippen molar-refractivity contribution < 1.29 is 18.0 Å². The molecule has 0 bridgehead atoms. The molecule has 142 valence electrons. The predicted molar refractivity (Wildman–Crippen MR) is 96.4 cm³/mol. The second kappa shape index (κ2) is 7.18. The fourth-order valence-electron chi connectivity index (χ4n) is 2.54. The van der Waals surface area contributed by atoms with Gasteiger partial charge in [0.15, 0.2) is 5.69 Å². The van der Waals surface area contributed by atoms with Crippen LogP contribution in [0.15, 0.2) is 41.0 Å². The van der Waals surface area contributed by atoms with E-state index in [1.807, 2.05) is 13.8 Å². The maximum Gasteiger partial charge on any atom is 0.418 e. The lowest BCUT2D eigenvalue weighted by Gasteiger charge is -2.12. The molecule has 6 nitrogen and oxygen atoms in total. The summed E-state index contributed by atoms with van der Waals surface area (Å²) < 4.78 is 43.2. The molecule has 1 amide bonds. The van der Waals surface area contributed by atoms with Gasteiger partial charge in [-0.1, -0.05) is 12.1 Å². The molecule has 1 aromatic carbocycles. The van der Waals surface area contributed by atoms with E-state index >= 15 is 0 Å². The summed E-state index contributed by atoms with van der Waals surface area (Å²) in [4.78, 5) is 12.3. The minimum absolute atomic E-state index is 0.00701. The van der Waals surface area contributed by atoms with Gasteiger partial charge in [-0.25, -0.2) is 4.68 Å². The first kappa shape index (κ1) is 19.2. The molecule has 0 aliphatic carbocycles. The van der Waals surface area contributed by atoms with Gasteiger partial charge in [-0.2, -0.15) is 23.4 Å². The number of carbonyl (C=O) groups excluding carboxylic acids is 1. The summed E-state index contributed by atoms with van der Waals surface area (Å²) in [5.41, 5.74) is 0.499. The smallest absolute Gasteiger partial charge is 0.320 e. The number of alkyl halides is 3. The van der Waals surface area contributed by atoms with E-state index in [1.165, 1.54) is 28.9 Å². The zero-order valence-corrected chi connectivity index (χ0v) is 16.0. The summed E-state index contributed by atoms with van der Waals surface area (Å²) in [7, 11) is 0. The molecular weight excluding hydrogens is 427 g/mol. The molecule has 0 saturated carbocycles. The molecule has 2 aromatic heterocycles. The molecule has 0 atom stereocenters. The molecule has 27 heavy (non-hydrogen) atoms. The summed E-state index contributed by atoms with van der Waals surface area (Å²) in [6.45, 7) is 4.01. The Morgan fingerprint density at radius 1 is 1.19 bits per heavy atom. The number of aromatic nitrogens is 4. The highest BCUT2D eigenvalue weighted by Gasteiger charge is 2.33. The van der Waals surface area contributed by atoms with E-state index in [2.05, 4.69) is 31.4 Å². The van der Waals surface area contributed by atoms with Crippen LogP contribution < -0.4 is 5.32 Å². The molecule has 0 fully saturated rings. The Bertz CT molecular complexity index is 993. The van der Waals surface area contributed by atoms with Crippen LogP contribution in [0.4, 0.5) is 18.9 Å². The molecule has 2 heterocycles. The van der Waals surface area contributed by atoms with Crippen LogP contribution in [0.1, 0.15) is 27.4 Å². The number of hydrogen-bond donors (Lipinski definition) is 1. The molecule has 0 aliphatic rings. The van der Waals surface area contributed by atoms with Crippen molar-refractivity contribution in [3.8, 4) is 0 Å². The molecule has 3 aromatic rings. The van der Waals surface area contributed by atoms with Gasteiger partial charge < -0.3 is 5.32 Å². The Hall–Kier alpha value is -2.62. The molecule has 10 heteroatoms. The van der Waals surface area contributed by atoms with Crippen molar-refractivity contribution in [3.63, 3.8) is 0 Å². The highest BCUT2D eigenvalue weighted by atomic mass is 79.9. The average molecular weight is 442 g/mol. The van der Waals surface area contributed by atoms with Gasteiger partial charge in [0.05, 0.1) is 27.1 Å². The number of amides is 1. The summed E-state index contributed by atoms with van der Waals surface area (Å²) >= 11 is 3.43. The summed E-state index contributed by atoms with van der Waals surface area (Å²) in [6, 6.07) is 6.23. The van der Waals surface area contributed by atoms with Crippen molar-refractivity contribution in [1.82, 2.24) is 19.6 Å². The van der Waals surface area contributed by atoms with E-state index in [-0.39, 0.29) is 18.1 Å². The van der Waals surface area contributed by atoms with E-state index in [9.17, 15) is 18.0 Å². The standard InChI is InChI=1S/C17H15BrF3N5O/c1-10-15(18)11(2)26(23-10)9-25-8-7-14(24-25)16(27)22-13-6-4-3-5-12(13)17(19,20)21/h3-8H,9H2,1-2H3,(H,22,27). The number of nitrogens with zero attached hydrogens (tertiary/aromatic N) is 4. The van der Waals surface area contributed by atoms with Crippen LogP contribution in [-0.2, 0) is 12.8 Å². The first-order chi connectivity index (χ1) is 12.7. The number of hydrogen-bond acceptors (Lipinski definition) is 3.